The zero-order valence-electron chi connectivity index (χ0n) is 21.5. The lowest BCUT2D eigenvalue weighted by Gasteiger charge is -2.24. The van der Waals surface area contributed by atoms with Gasteiger partial charge in [0.25, 0.3) is 5.91 Å². The molecule has 0 atom stereocenters. The summed E-state index contributed by atoms with van der Waals surface area (Å²) in [4.78, 5) is 20.5. The molecule has 0 aliphatic carbocycles. The van der Waals surface area contributed by atoms with Crippen LogP contribution in [0.1, 0.15) is 10.4 Å². The Hall–Kier alpha value is -4.19. The number of anilines is 3. The third-order valence-electron chi connectivity index (χ3n) is 6.61. The summed E-state index contributed by atoms with van der Waals surface area (Å²) in [5.74, 6) is 0.405. The summed E-state index contributed by atoms with van der Waals surface area (Å²) in [6, 6.07) is 32.5. The van der Waals surface area contributed by atoms with Crippen LogP contribution in [-0.2, 0) is 4.57 Å². The number of hydrogen-bond acceptors (Lipinski definition) is 6. The minimum Gasteiger partial charge on any atom is -0.397 e. The maximum atomic E-state index is 14.3. The average molecular weight is 553 g/mol. The van der Waals surface area contributed by atoms with Crippen LogP contribution in [0.25, 0.3) is 10.4 Å². The van der Waals surface area contributed by atoms with Gasteiger partial charge >= 0.3 is 0 Å². The molecule has 0 saturated carbocycles. The summed E-state index contributed by atoms with van der Waals surface area (Å²) in [6.45, 7) is 0.533. The maximum absolute atomic E-state index is 14.3. The molecule has 5 aromatic rings. The van der Waals surface area contributed by atoms with Crippen LogP contribution in [0.3, 0.4) is 0 Å². The van der Waals surface area contributed by atoms with E-state index in [4.69, 9.17) is 5.73 Å². The number of nitrogens with two attached hydrogens (primary N) is 1. The molecule has 0 radical (unpaired) electrons. The third-order valence-corrected chi connectivity index (χ3v) is 10.6. The lowest BCUT2D eigenvalue weighted by molar-refractivity contribution is 0.102. The van der Waals surface area contributed by atoms with Gasteiger partial charge in [0.15, 0.2) is 0 Å². The Morgan fingerprint density at radius 1 is 0.923 bits per heavy atom. The molecule has 2 aromatic heterocycles. The van der Waals surface area contributed by atoms with Gasteiger partial charge in [-0.25, -0.2) is 4.98 Å². The number of hydrogen-bond donors (Lipinski definition) is 2. The van der Waals surface area contributed by atoms with Gasteiger partial charge in [0.1, 0.15) is 13.0 Å². The Morgan fingerprint density at radius 2 is 1.62 bits per heavy atom. The molecular weight excluding hydrogens is 523 g/mol. The van der Waals surface area contributed by atoms with E-state index < -0.39 is 7.14 Å². The van der Waals surface area contributed by atoms with Crippen molar-refractivity contribution >= 4 is 52.2 Å². The minimum absolute atomic E-state index is 0.288. The molecule has 0 aliphatic rings. The van der Waals surface area contributed by atoms with Gasteiger partial charge in [0.05, 0.1) is 16.9 Å². The lowest BCUT2D eigenvalue weighted by Crippen LogP contribution is -2.27. The quantitative estimate of drug-likeness (QED) is 0.171. The van der Waals surface area contributed by atoms with Crippen LogP contribution in [0.2, 0.25) is 0 Å². The van der Waals surface area contributed by atoms with Crippen molar-refractivity contribution in [3.63, 3.8) is 0 Å². The Kier molecular flexibility index (Phi) is 7.92. The molecule has 1 amide bonds. The summed E-state index contributed by atoms with van der Waals surface area (Å²) in [7, 11) is -0.918. The van der Waals surface area contributed by atoms with Crippen molar-refractivity contribution in [2.24, 2.45) is 0 Å². The fourth-order valence-corrected chi connectivity index (χ4v) is 7.78. The predicted molar refractivity (Wildman–Crippen MR) is 164 cm³/mol. The van der Waals surface area contributed by atoms with Crippen molar-refractivity contribution in [1.29, 1.82) is 0 Å². The first-order valence-corrected chi connectivity index (χ1v) is 15.3. The first-order chi connectivity index (χ1) is 18.9. The van der Waals surface area contributed by atoms with Gasteiger partial charge in [-0.15, -0.1) is 11.3 Å². The van der Waals surface area contributed by atoms with E-state index in [0.717, 1.165) is 21.0 Å². The van der Waals surface area contributed by atoms with E-state index in [0.29, 0.717) is 35.5 Å². The fraction of sp³-hybridized carbons (Fsp3) is 0.0968. The highest BCUT2D eigenvalue weighted by molar-refractivity contribution is 7.78. The van der Waals surface area contributed by atoms with E-state index in [2.05, 4.69) is 10.3 Å². The van der Waals surface area contributed by atoms with Crippen LogP contribution >= 0.6 is 18.5 Å². The van der Waals surface area contributed by atoms with E-state index in [1.807, 2.05) is 102 Å². The molecule has 0 fully saturated rings. The molecule has 0 spiro atoms. The third kappa shape index (κ3) is 5.95. The molecule has 0 bridgehead atoms. The fourth-order valence-electron chi connectivity index (χ4n) is 4.35. The zero-order chi connectivity index (χ0) is 27.2. The van der Waals surface area contributed by atoms with Gasteiger partial charge < -0.3 is 20.5 Å². The molecule has 0 saturated heterocycles. The molecule has 3 aromatic carbocycles. The van der Waals surface area contributed by atoms with Gasteiger partial charge in [-0.1, -0.05) is 72.8 Å². The van der Waals surface area contributed by atoms with E-state index in [1.165, 1.54) is 0 Å². The van der Waals surface area contributed by atoms with Crippen LogP contribution < -0.4 is 26.6 Å². The number of amides is 1. The highest BCUT2D eigenvalue weighted by Crippen LogP contribution is 2.43. The number of rotatable bonds is 9. The molecule has 6 nitrogen and oxygen atoms in total. The SMILES string of the molecule is CN(CCP(=O)(c1ccccc1)c1ccccc1)c1ccc(C(=O)Nc2cc(-c3cccs3)ccc2N)cn1. The second-order valence-corrected chi connectivity index (χ2v) is 13.1. The average Bonchev–Trinajstić information content (AvgIpc) is 3.53. The highest BCUT2D eigenvalue weighted by atomic mass is 32.1. The van der Waals surface area contributed by atoms with Crippen LogP contribution in [0.15, 0.2) is 115 Å². The minimum atomic E-state index is -2.83. The maximum Gasteiger partial charge on any atom is 0.257 e. The van der Waals surface area contributed by atoms with Crippen LogP contribution in [-0.4, -0.2) is 30.6 Å². The van der Waals surface area contributed by atoms with Crippen molar-refractivity contribution in [3.8, 4) is 10.4 Å². The number of nitrogens with one attached hydrogen (secondary N) is 1. The van der Waals surface area contributed by atoms with E-state index in [-0.39, 0.29) is 5.91 Å². The Balaban J connectivity index is 1.28. The Labute approximate surface area is 232 Å². The number of nitrogens with zero attached hydrogens (tertiary/aromatic N) is 2. The van der Waals surface area contributed by atoms with Crippen molar-refractivity contribution in [2.75, 3.05) is 35.7 Å². The molecule has 5 rings (SSSR count). The number of aromatic nitrogens is 1. The van der Waals surface area contributed by atoms with Gasteiger partial charge in [0, 0.05) is 41.4 Å². The number of pyridine rings is 1. The second-order valence-electron chi connectivity index (χ2n) is 9.19. The summed E-state index contributed by atoms with van der Waals surface area (Å²) in [5.41, 5.74) is 8.60. The molecule has 196 valence electrons. The topological polar surface area (TPSA) is 88.3 Å². The molecule has 0 aliphatic heterocycles. The Bertz CT molecular complexity index is 1550. The van der Waals surface area contributed by atoms with E-state index in [9.17, 15) is 9.36 Å². The van der Waals surface area contributed by atoms with Crippen LogP contribution in [0.4, 0.5) is 17.2 Å². The summed E-state index contributed by atoms with van der Waals surface area (Å²) in [5, 5.41) is 6.60. The van der Waals surface area contributed by atoms with Crippen LogP contribution in [0.5, 0.6) is 0 Å². The molecule has 39 heavy (non-hydrogen) atoms. The first kappa shape index (κ1) is 26.4. The molecule has 0 unspecified atom stereocenters. The number of carbonyl (C=O) groups is 1. The first-order valence-electron chi connectivity index (χ1n) is 12.6. The Morgan fingerprint density at radius 3 is 2.21 bits per heavy atom. The zero-order valence-corrected chi connectivity index (χ0v) is 23.2. The predicted octanol–water partition coefficient (Wildman–Crippen LogP) is 6.09. The monoisotopic (exact) mass is 552 g/mol. The molecule has 3 N–H and O–H groups in total. The number of nitrogen functional groups attached to an aromatic ring is 1. The largest absolute Gasteiger partial charge is 0.397 e. The van der Waals surface area contributed by atoms with Crippen molar-refractivity contribution in [1.82, 2.24) is 4.98 Å². The van der Waals surface area contributed by atoms with E-state index in [1.54, 1.807) is 35.7 Å². The summed E-state index contributed by atoms with van der Waals surface area (Å²) >= 11 is 1.63. The number of carbonyl (C=O) groups excluding carboxylic acids is 1. The number of benzene rings is 3. The standard InChI is InChI=1S/C31H29N4O2PS/c1-35(18-19-38(37,25-9-4-2-5-10-25)26-11-6-3-7-12-26)30-17-15-24(22-33-30)31(36)34-28-21-23(14-16-27(28)32)29-13-8-20-39-29/h2-17,20-22H,18-19,32H2,1H3,(H,34,36). The second kappa shape index (κ2) is 11.7. The smallest absolute Gasteiger partial charge is 0.257 e. The summed E-state index contributed by atoms with van der Waals surface area (Å²) < 4.78 is 14.3. The van der Waals surface area contributed by atoms with Crippen LogP contribution in [0, 0.1) is 0 Å². The summed E-state index contributed by atoms with van der Waals surface area (Å²) in [6.07, 6.45) is 2.01. The molecular formula is C31H29N4O2PS. The molecule has 2 heterocycles. The van der Waals surface area contributed by atoms with Gasteiger partial charge in [-0.05, 0) is 41.3 Å². The highest BCUT2D eigenvalue weighted by Gasteiger charge is 2.27. The van der Waals surface area contributed by atoms with Gasteiger partial charge in [-0.3, -0.25) is 4.79 Å². The van der Waals surface area contributed by atoms with E-state index >= 15 is 0 Å². The normalized spacial score (nSPS) is 11.2. The molecule has 8 heteroatoms. The van der Waals surface area contributed by atoms with Crippen molar-refractivity contribution in [3.05, 3.63) is 120 Å². The van der Waals surface area contributed by atoms with Gasteiger partial charge in [-0.2, -0.15) is 0 Å². The van der Waals surface area contributed by atoms with Gasteiger partial charge in [0.2, 0.25) is 0 Å². The van der Waals surface area contributed by atoms with Crippen molar-refractivity contribution < 1.29 is 9.36 Å². The number of thiophene rings is 1. The lowest BCUT2D eigenvalue weighted by atomic mass is 10.1. The van der Waals surface area contributed by atoms with Crippen molar-refractivity contribution in [2.45, 2.75) is 0 Å².